The fraction of sp³-hybridized carbons (Fsp3) is 0.278. The number of ether oxygens (including phenoxy) is 1. The highest BCUT2D eigenvalue weighted by Crippen LogP contribution is 2.30. The topological polar surface area (TPSA) is 75.7 Å². The van der Waals surface area contributed by atoms with Crippen LogP contribution in [0.3, 0.4) is 0 Å². The van der Waals surface area contributed by atoms with E-state index in [1.165, 1.54) is 38.2 Å². The van der Waals surface area contributed by atoms with Gasteiger partial charge in [0.1, 0.15) is 5.75 Å². The van der Waals surface area contributed by atoms with Gasteiger partial charge in [0.15, 0.2) is 6.10 Å². The fourth-order valence-corrected chi connectivity index (χ4v) is 2.67. The van der Waals surface area contributed by atoms with E-state index in [-0.39, 0.29) is 5.69 Å². The summed E-state index contributed by atoms with van der Waals surface area (Å²) in [5.41, 5.74) is -0.177. The van der Waals surface area contributed by atoms with E-state index in [2.05, 4.69) is 5.32 Å². The first-order valence-corrected chi connectivity index (χ1v) is 9.91. The molecule has 0 aromatic heterocycles. The molecule has 28 heavy (non-hydrogen) atoms. The van der Waals surface area contributed by atoms with Gasteiger partial charge in [0.25, 0.3) is 5.91 Å². The number of halogens is 3. The van der Waals surface area contributed by atoms with Crippen LogP contribution in [0.1, 0.15) is 12.5 Å². The van der Waals surface area contributed by atoms with Gasteiger partial charge < -0.3 is 10.1 Å². The molecule has 1 amide bonds. The van der Waals surface area contributed by atoms with Crippen molar-refractivity contribution in [3.63, 3.8) is 0 Å². The molecule has 0 aliphatic rings. The molecule has 1 atom stereocenters. The Hall–Kier alpha value is -2.75. The fourth-order valence-electron chi connectivity index (χ4n) is 2.17. The third-order valence-corrected chi connectivity index (χ3v) is 5.07. The van der Waals surface area contributed by atoms with Gasteiger partial charge in [0.05, 0.1) is 17.5 Å². The SMILES string of the molecule is C[C@@H](Oc1ccc(N(C)S(C)(=O)=O)cc1)C(=O)Nc1ccc(C(F)(F)F)cc1. The average molecular weight is 416 g/mol. The van der Waals surface area contributed by atoms with E-state index in [1.807, 2.05) is 0 Å². The van der Waals surface area contributed by atoms with Crippen molar-refractivity contribution in [1.82, 2.24) is 0 Å². The number of anilines is 2. The van der Waals surface area contributed by atoms with Crippen molar-refractivity contribution >= 4 is 27.3 Å². The summed E-state index contributed by atoms with van der Waals surface area (Å²) in [6, 6.07) is 10.1. The number of hydrogen-bond donors (Lipinski definition) is 1. The summed E-state index contributed by atoms with van der Waals surface area (Å²) >= 11 is 0. The van der Waals surface area contributed by atoms with Crippen molar-refractivity contribution in [3.8, 4) is 5.75 Å². The summed E-state index contributed by atoms with van der Waals surface area (Å²) in [6.07, 6.45) is -4.30. The van der Waals surface area contributed by atoms with Gasteiger partial charge in [0, 0.05) is 12.7 Å². The van der Waals surface area contributed by atoms with Crippen molar-refractivity contribution < 1.29 is 31.1 Å². The first-order chi connectivity index (χ1) is 12.9. The normalized spacial score (nSPS) is 12.9. The molecular formula is C18H19F3N2O4S. The molecule has 2 aromatic carbocycles. The Morgan fingerprint density at radius 2 is 1.61 bits per heavy atom. The van der Waals surface area contributed by atoms with E-state index in [4.69, 9.17) is 4.74 Å². The number of amides is 1. The highest BCUT2D eigenvalue weighted by atomic mass is 32.2. The Bertz CT molecular complexity index is 927. The Kier molecular flexibility index (Phi) is 6.23. The molecule has 0 bridgehead atoms. The lowest BCUT2D eigenvalue weighted by molar-refractivity contribution is -0.137. The molecule has 1 N–H and O–H groups in total. The maximum absolute atomic E-state index is 12.6. The third-order valence-electron chi connectivity index (χ3n) is 3.86. The molecule has 2 rings (SSSR count). The van der Waals surface area contributed by atoms with Gasteiger partial charge in [-0.3, -0.25) is 9.10 Å². The van der Waals surface area contributed by atoms with Crippen LogP contribution in [0.5, 0.6) is 5.75 Å². The summed E-state index contributed by atoms with van der Waals surface area (Å²) in [7, 11) is -1.99. The van der Waals surface area contributed by atoms with Crippen molar-refractivity contribution in [1.29, 1.82) is 0 Å². The van der Waals surface area contributed by atoms with Gasteiger partial charge in [-0.25, -0.2) is 8.42 Å². The Labute approximate surface area is 161 Å². The van der Waals surface area contributed by atoms with Crippen molar-refractivity contribution in [2.75, 3.05) is 22.9 Å². The van der Waals surface area contributed by atoms with Crippen LogP contribution >= 0.6 is 0 Å². The molecular weight excluding hydrogens is 397 g/mol. The van der Waals surface area contributed by atoms with E-state index in [1.54, 1.807) is 0 Å². The molecule has 0 saturated heterocycles. The highest BCUT2D eigenvalue weighted by molar-refractivity contribution is 7.92. The lowest BCUT2D eigenvalue weighted by Gasteiger charge is -2.18. The number of carbonyl (C=O) groups excluding carboxylic acids is 1. The molecule has 0 aliphatic carbocycles. The maximum atomic E-state index is 12.6. The van der Waals surface area contributed by atoms with Crippen LogP contribution < -0.4 is 14.4 Å². The number of nitrogens with zero attached hydrogens (tertiary/aromatic N) is 1. The van der Waals surface area contributed by atoms with Crippen LogP contribution in [0.25, 0.3) is 0 Å². The summed E-state index contributed by atoms with van der Waals surface area (Å²) in [5, 5.41) is 2.47. The molecule has 152 valence electrons. The first-order valence-electron chi connectivity index (χ1n) is 8.06. The van der Waals surface area contributed by atoms with Crippen LogP contribution in [-0.2, 0) is 21.0 Å². The quantitative estimate of drug-likeness (QED) is 0.782. The third kappa shape index (κ3) is 5.62. The maximum Gasteiger partial charge on any atom is 0.416 e. The molecule has 0 saturated carbocycles. The molecule has 2 aromatic rings. The molecule has 0 spiro atoms. The number of hydrogen-bond acceptors (Lipinski definition) is 4. The molecule has 6 nitrogen and oxygen atoms in total. The Morgan fingerprint density at radius 3 is 2.07 bits per heavy atom. The van der Waals surface area contributed by atoms with E-state index in [9.17, 15) is 26.4 Å². The van der Waals surface area contributed by atoms with E-state index in [0.717, 1.165) is 34.8 Å². The monoisotopic (exact) mass is 416 g/mol. The van der Waals surface area contributed by atoms with Gasteiger partial charge in [-0.2, -0.15) is 13.2 Å². The van der Waals surface area contributed by atoms with Gasteiger partial charge in [0.2, 0.25) is 10.0 Å². The van der Waals surface area contributed by atoms with Crippen LogP contribution in [0.15, 0.2) is 48.5 Å². The summed E-state index contributed by atoms with van der Waals surface area (Å²) in [4.78, 5) is 12.2. The molecule has 0 radical (unpaired) electrons. The summed E-state index contributed by atoms with van der Waals surface area (Å²) in [5.74, 6) is -0.210. The minimum absolute atomic E-state index is 0.207. The highest BCUT2D eigenvalue weighted by Gasteiger charge is 2.30. The minimum atomic E-state index is -4.45. The molecule has 10 heteroatoms. The zero-order valence-corrected chi connectivity index (χ0v) is 16.1. The molecule has 0 fully saturated rings. The lowest BCUT2D eigenvalue weighted by atomic mass is 10.2. The van der Waals surface area contributed by atoms with Gasteiger partial charge in [-0.05, 0) is 55.5 Å². The Balaban J connectivity index is 1.98. The van der Waals surface area contributed by atoms with Crippen LogP contribution in [-0.4, -0.2) is 33.7 Å². The number of carbonyl (C=O) groups is 1. The predicted octanol–water partition coefficient (Wildman–Crippen LogP) is 3.51. The number of alkyl halides is 3. The van der Waals surface area contributed by atoms with Gasteiger partial charge >= 0.3 is 6.18 Å². The number of benzene rings is 2. The smallest absolute Gasteiger partial charge is 0.416 e. The second-order valence-corrected chi connectivity index (χ2v) is 8.06. The second kappa shape index (κ2) is 8.09. The van der Waals surface area contributed by atoms with Crippen molar-refractivity contribution in [2.45, 2.75) is 19.2 Å². The first kappa shape index (κ1) is 21.5. The predicted molar refractivity (Wildman–Crippen MR) is 99.9 cm³/mol. The lowest BCUT2D eigenvalue weighted by Crippen LogP contribution is -2.30. The van der Waals surface area contributed by atoms with Gasteiger partial charge in [-0.1, -0.05) is 0 Å². The standard InChI is InChI=1S/C18H19F3N2O4S/c1-12(17(24)22-14-6-4-13(5-7-14)18(19,20)21)27-16-10-8-15(9-11-16)23(2)28(3,25)26/h4-12H,1-3H3,(H,22,24)/t12-/m1/s1. The summed E-state index contributed by atoms with van der Waals surface area (Å²) in [6.45, 7) is 1.48. The van der Waals surface area contributed by atoms with Crippen LogP contribution in [0.4, 0.5) is 24.5 Å². The molecule has 0 heterocycles. The number of nitrogens with one attached hydrogen (secondary N) is 1. The van der Waals surface area contributed by atoms with Crippen LogP contribution in [0, 0.1) is 0 Å². The largest absolute Gasteiger partial charge is 0.481 e. The van der Waals surface area contributed by atoms with Crippen molar-refractivity contribution in [3.05, 3.63) is 54.1 Å². The van der Waals surface area contributed by atoms with E-state index < -0.39 is 33.8 Å². The number of rotatable bonds is 6. The number of sulfonamides is 1. The second-order valence-electron chi connectivity index (χ2n) is 6.05. The molecule has 0 aliphatic heterocycles. The van der Waals surface area contributed by atoms with E-state index in [0.29, 0.717) is 11.4 Å². The Morgan fingerprint density at radius 1 is 1.07 bits per heavy atom. The van der Waals surface area contributed by atoms with E-state index >= 15 is 0 Å². The zero-order chi connectivity index (χ0) is 21.1. The average Bonchev–Trinajstić information content (AvgIpc) is 2.60. The van der Waals surface area contributed by atoms with Gasteiger partial charge in [-0.15, -0.1) is 0 Å². The van der Waals surface area contributed by atoms with Crippen molar-refractivity contribution in [2.24, 2.45) is 0 Å². The zero-order valence-electron chi connectivity index (χ0n) is 15.3. The minimum Gasteiger partial charge on any atom is -0.481 e. The molecule has 0 unspecified atom stereocenters. The summed E-state index contributed by atoms with van der Waals surface area (Å²) < 4.78 is 67.3. The van der Waals surface area contributed by atoms with Crippen LogP contribution in [0.2, 0.25) is 0 Å².